The number of fused-ring (bicyclic) bond motifs is 2. The molecule has 2 aromatic carbocycles. The highest BCUT2D eigenvalue weighted by Gasteiger charge is 2.26. The Morgan fingerprint density at radius 2 is 1.19 bits per heavy atom. The van der Waals surface area contributed by atoms with Gasteiger partial charge in [-0.2, -0.15) is 0 Å². The van der Waals surface area contributed by atoms with Crippen molar-refractivity contribution in [3.63, 3.8) is 0 Å². The molecule has 19 heteroatoms. The number of hydrogen-bond acceptors (Lipinski definition) is 11. The molecule has 0 radical (unpaired) electrons. The predicted octanol–water partition coefficient (Wildman–Crippen LogP) is 2.98. The minimum absolute atomic E-state index is 0.0258. The number of carbonyl (C=O) groups is 2. The van der Waals surface area contributed by atoms with Gasteiger partial charge in [0.15, 0.2) is 6.54 Å². The van der Waals surface area contributed by atoms with E-state index in [-0.39, 0.29) is 19.0 Å². The molecule has 4 N–H and O–H groups in total. The zero-order chi connectivity index (χ0) is 40.5. The van der Waals surface area contributed by atoms with Gasteiger partial charge in [-0.05, 0) is 58.0 Å². The van der Waals surface area contributed by atoms with Gasteiger partial charge in [0.05, 0.1) is 47.4 Å². The van der Waals surface area contributed by atoms with Crippen LogP contribution in [0.2, 0.25) is 10.0 Å². The maximum absolute atomic E-state index is 12.7. The second kappa shape index (κ2) is 18.7. The molecular formula is C38H44Cl2N10O7+2. The molecule has 6 aromatic rings. The first kappa shape index (κ1) is 40.6. The van der Waals surface area contributed by atoms with Crippen LogP contribution in [0, 0.1) is 0 Å². The highest BCUT2D eigenvalue weighted by molar-refractivity contribution is 6.32. The molecule has 0 aliphatic carbocycles. The van der Waals surface area contributed by atoms with Crippen LogP contribution in [0.5, 0.6) is 11.5 Å². The minimum atomic E-state index is -1.00. The molecule has 0 spiro atoms. The first-order valence-corrected chi connectivity index (χ1v) is 18.8. The van der Waals surface area contributed by atoms with Crippen LogP contribution in [0.25, 0.3) is 22.1 Å². The van der Waals surface area contributed by atoms with Crippen LogP contribution in [0.4, 0.5) is 11.4 Å². The Balaban J connectivity index is 0.000000159. The SMILES string of the molecule is COc1cc(N2CCN(C(=O)Cn3ncc4ccc[n+](O)c43)CC2)ccc1Cl.COc1cc(N2CCNCC2)ccc1Cl.O=C(O)Cn1ncc2ccc[n+](O)c21. The fraction of sp³-hybridized carbons (Fsp3) is 0.316. The first-order valence-electron chi connectivity index (χ1n) is 18.0. The summed E-state index contributed by atoms with van der Waals surface area (Å²) in [5.74, 6) is 0.356. The number of nitrogens with zero attached hydrogens (tertiary/aromatic N) is 9. The summed E-state index contributed by atoms with van der Waals surface area (Å²) >= 11 is 12.1. The van der Waals surface area contributed by atoms with Crippen LogP contribution >= 0.6 is 23.2 Å². The van der Waals surface area contributed by atoms with Crippen molar-refractivity contribution >= 4 is 68.5 Å². The van der Waals surface area contributed by atoms with Crippen LogP contribution in [0.15, 0.2) is 85.5 Å². The van der Waals surface area contributed by atoms with E-state index in [2.05, 4.69) is 25.3 Å². The second-order valence-electron chi connectivity index (χ2n) is 13.0. The second-order valence-corrected chi connectivity index (χ2v) is 13.8. The number of rotatable bonds is 8. The highest BCUT2D eigenvalue weighted by Crippen LogP contribution is 2.31. The fourth-order valence-corrected chi connectivity index (χ4v) is 6.93. The van der Waals surface area contributed by atoms with Crippen LogP contribution in [0.3, 0.4) is 0 Å². The normalized spacial score (nSPS) is 14.1. The van der Waals surface area contributed by atoms with E-state index in [0.29, 0.717) is 45.6 Å². The topological polar surface area (TPSA) is 178 Å². The molecular weight excluding hydrogens is 779 g/mol. The zero-order valence-electron chi connectivity index (χ0n) is 31.4. The molecule has 2 fully saturated rings. The van der Waals surface area contributed by atoms with Gasteiger partial charge < -0.3 is 45.0 Å². The predicted molar refractivity (Wildman–Crippen MR) is 212 cm³/mol. The average molecular weight is 824 g/mol. The van der Waals surface area contributed by atoms with Gasteiger partial charge >= 0.3 is 17.3 Å². The van der Waals surface area contributed by atoms with Gasteiger partial charge in [-0.15, -0.1) is 9.36 Å². The Kier molecular flexibility index (Phi) is 13.3. The molecule has 2 aliphatic heterocycles. The molecule has 57 heavy (non-hydrogen) atoms. The number of hydrogen-bond donors (Lipinski definition) is 4. The quantitative estimate of drug-likeness (QED) is 0.131. The number of nitrogens with one attached hydrogen (secondary N) is 1. The molecule has 8 rings (SSSR count). The molecule has 0 atom stereocenters. The van der Waals surface area contributed by atoms with E-state index in [9.17, 15) is 20.0 Å². The van der Waals surface area contributed by atoms with Crippen molar-refractivity contribution in [2.75, 3.05) is 76.4 Å². The maximum atomic E-state index is 12.7. The van der Waals surface area contributed by atoms with Crippen molar-refractivity contribution in [1.82, 2.24) is 29.8 Å². The van der Waals surface area contributed by atoms with Gasteiger partial charge in [-0.25, -0.2) is 4.79 Å². The molecule has 300 valence electrons. The Labute approximate surface area is 337 Å². The van der Waals surface area contributed by atoms with Crippen LogP contribution < -0.4 is 34.1 Å². The number of ether oxygens (including phenoxy) is 2. The van der Waals surface area contributed by atoms with Gasteiger partial charge in [-0.3, -0.25) is 4.79 Å². The smallest absolute Gasteiger partial charge is 0.350 e. The molecule has 0 unspecified atom stereocenters. The van der Waals surface area contributed by atoms with Crippen LogP contribution in [-0.2, 0) is 22.7 Å². The van der Waals surface area contributed by atoms with Gasteiger partial charge in [0.25, 0.3) is 5.91 Å². The fourth-order valence-electron chi connectivity index (χ4n) is 6.54. The number of halogens is 2. The number of pyridine rings is 2. The summed E-state index contributed by atoms with van der Waals surface area (Å²) in [4.78, 5) is 29.5. The third kappa shape index (κ3) is 9.86. The molecule has 0 saturated carbocycles. The number of amides is 1. The summed E-state index contributed by atoms with van der Waals surface area (Å²) in [6, 6.07) is 18.6. The van der Waals surface area contributed by atoms with Crippen molar-refractivity contribution < 1.29 is 44.0 Å². The van der Waals surface area contributed by atoms with Crippen LogP contribution in [-0.4, -0.2) is 118 Å². The number of carboxylic acids is 1. The van der Waals surface area contributed by atoms with E-state index in [1.807, 2.05) is 47.4 Å². The van der Waals surface area contributed by atoms with E-state index < -0.39 is 5.97 Å². The van der Waals surface area contributed by atoms with E-state index in [1.165, 1.54) is 33.6 Å². The lowest BCUT2D eigenvalue weighted by Crippen LogP contribution is -2.49. The summed E-state index contributed by atoms with van der Waals surface area (Å²) in [6.07, 6.45) is 6.08. The van der Waals surface area contributed by atoms with Crippen molar-refractivity contribution in [1.29, 1.82) is 0 Å². The number of aromatic nitrogens is 6. The number of anilines is 2. The van der Waals surface area contributed by atoms with E-state index in [4.69, 9.17) is 37.8 Å². The highest BCUT2D eigenvalue weighted by atomic mass is 35.5. The Morgan fingerprint density at radius 1 is 0.719 bits per heavy atom. The number of carboxylic acid groups (broad SMARTS) is 1. The summed E-state index contributed by atoms with van der Waals surface area (Å²) < 4.78 is 15.1. The van der Waals surface area contributed by atoms with E-state index >= 15 is 0 Å². The van der Waals surface area contributed by atoms with Crippen molar-refractivity contribution in [2.45, 2.75) is 13.1 Å². The summed E-state index contributed by atoms with van der Waals surface area (Å²) in [7, 11) is 3.24. The zero-order valence-corrected chi connectivity index (χ0v) is 32.9. The molecule has 0 bridgehead atoms. The number of piperazine rings is 2. The summed E-state index contributed by atoms with van der Waals surface area (Å²) in [5, 5.41) is 42.1. The number of aliphatic carboxylic acids is 1. The average Bonchev–Trinajstić information content (AvgIpc) is 3.84. The molecule has 2 saturated heterocycles. The first-order chi connectivity index (χ1) is 27.6. The third-order valence-electron chi connectivity index (χ3n) is 9.44. The molecule has 1 amide bonds. The lowest BCUT2D eigenvalue weighted by molar-refractivity contribution is -0.886. The lowest BCUT2D eigenvalue weighted by atomic mass is 10.2. The van der Waals surface area contributed by atoms with Crippen LogP contribution in [0.1, 0.15) is 0 Å². The van der Waals surface area contributed by atoms with Gasteiger partial charge in [0, 0.05) is 75.9 Å². The molecule has 4 aromatic heterocycles. The number of carbonyl (C=O) groups excluding carboxylic acids is 1. The lowest BCUT2D eigenvalue weighted by Gasteiger charge is -2.36. The molecule has 6 heterocycles. The van der Waals surface area contributed by atoms with Gasteiger partial charge in [0.2, 0.25) is 6.54 Å². The third-order valence-corrected chi connectivity index (χ3v) is 10.1. The number of methoxy groups -OCH3 is 2. The number of benzene rings is 2. The van der Waals surface area contributed by atoms with Crippen molar-refractivity contribution in [3.8, 4) is 11.5 Å². The Hall–Kier alpha value is -6.04. The molecule has 17 nitrogen and oxygen atoms in total. The van der Waals surface area contributed by atoms with E-state index in [1.54, 1.807) is 38.6 Å². The summed E-state index contributed by atoms with van der Waals surface area (Å²) in [6.45, 7) is 6.61. The molecule has 2 aliphatic rings. The summed E-state index contributed by atoms with van der Waals surface area (Å²) in [5.41, 5.74) is 3.07. The Bertz CT molecular complexity index is 2320. The Morgan fingerprint density at radius 3 is 1.67 bits per heavy atom. The standard InChI is InChI=1S/C19H21ClN5O3.C11H15ClN2O.C8H7N3O3/c1-28-17-11-15(4-5-16(17)20)22-7-9-23(10-8-22)18(26)13-24-19-14(12-21-24)3-2-6-25(19)27;1-15-11-8-9(2-3-10(11)12)14-6-4-13-5-7-14;12-7(13)5-10-8-6(4-9-10)2-1-3-11(8)14/h2-6,11-12,27H,7-10,13H2,1H3;2-3,8,13H,4-7H2,1H3;1-4H,5H2,(H-,12,13,14)/q+1;;/p+1. The van der Waals surface area contributed by atoms with E-state index in [0.717, 1.165) is 65.6 Å². The van der Waals surface area contributed by atoms with Crippen molar-refractivity contribution in [2.24, 2.45) is 0 Å². The van der Waals surface area contributed by atoms with Crippen molar-refractivity contribution in [3.05, 3.63) is 95.5 Å². The monoisotopic (exact) mass is 822 g/mol. The minimum Gasteiger partial charge on any atom is -0.495 e. The van der Waals surface area contributed by atoms with Gasteiger partial charge in [-0.1, -0.05) is 33.4 Å². The van der Waals surface area contributed by atoms with Gasteiger partial charge in [0.1, 0.15) is 23.9 Å². The maximum Gasteiger partial charge on any atom is 0.350 e. The largest absolute Gasteiger partial charge is 0.495 e.